The number of carbonyl (C=O) groups is 1. The summed E-state index contributed by atoms with van der Waals surface area (Å²) < 4.78 is 1.47. The number of pyridine rings is 1. The Kier molecular flexibility index (Phi) is 1.96. The number of ketones is 1. The van der Waals surface area contributed by atoms with Crippen LogP contribution < -0.4 is 0 Å². The van der Waals surface area contributed by atoms with Gasteiger partial charge in [0.2, 0.25) is 6.33 Å². The fourth-order valence-electron chi connectivity index (χ4n) is 1.45. The lowest BCUT2D eigenvalue weighted by atomic mass is 10.1. The van der Waals surface area contributed by atoms with Gasteiger partial charge in [-0.1, -0.05) is 0 Å². The summed E-state index contributed by atoms with van der Waals surface area (Å²) in [4.78, 5) is 25.0. The second kappa shape index (κ2) is 3.16. The number of hydrogen-bond donors (Lipinski definition) is 0. The molecule has 0 atom stereocenters. The Morgan fingerprint density at radius 1 is 1.60 bits per heavy atom. The van der Waals surface area contributed by atoms with Gasteiger partial charge in [0.1, 0.15) is 0 Å². The molecule has 0 aliphatic rings. The van der Waals surface area contributed by atoms with Crippen LogP contribution in [0.4, 0.5) is 5.82 Å². The molecule has 2 heterocycles. The van der Waals surface area contributed by atoms with Gasteiger partial charge < -0.3 is 10.1 Å². The minimum Gasteiger partial charge on any atom is -0.358 e. The normalized spacial score (nSPS) is 10.5. The lowest BCUT2D eigenvalue weighted by molar-refractivity contribution is -0.387. The summed E-state index contributed by atoms with van der Waals surface area (Å²) >= 11 is 0. The van der Waals surface area contributed by atoms with Crippen LogP contribution in [0.15, 0.2) is 24.7 Å². The molecule has 0 aliphatic carbocycles. The van der Waals surface area contributed by atoms with E-state index in [0.29, 0.717) is 5.56 Å². The van der Waals surface area contributed by atoms with Crippen LogP contribution in [-0.4, -0.2) is 20.1 Å². The zero-order chi connectivity index (χ0) is 11.0. The number of rotatable bonds is 2. The molecule has 0 aliphatic heterocycles. The first-order chi connectivity index (χ1) is 7.11. The van der Waals surface area contributed by atoms with Crippen LogP contribution in [0.5, 0.6) is 0 Å². The molecule has 0 amide bonds. The molecule has 76 valence electrons. The van der Waals surface area contributed by atoms with Crippen LogP contribution in [0.3, 0.4) is 0 Å². The van der Waals surface area contributed by atoms with Gasteiger partial charge in [-0.25, -0.2) is 0 Å². The molecule has 0 radical (unpaired) electrons. The van der Waals surface area contributed by atoms with Crippen molar-refractivity contribution in [3.63, 3.8) is 0 Å². The van der Waals surface area contributed by atoms with E-state index < -0.39 is 4.92 Å². The minimum absolute atomic E-state index is 0.218. The third kappa shape index (κ3) is 1.35. The first kappa shape index (κ1) is 9.32. The van der Waals surface area contributed by atoms with E-state index in [4.69, 9.17) is 0 Å². The molecular weight excluding hydrogens is 198 g/mol. The highest BCUT2D eigenvalue weighted by Gasteiger charge is 2.20. The number of carbonyl (C=O) groups excluding carboxylic acids is 1. The second-order valence-corrected chi connectivity index (χ2v) is 3.06. The standard InChI is InChI=1S/C9H7N3O3/c1-6(13)7-3-2-4-11-5-10-9(8(7)11)12(14)15/h2-5H,1H3. The summed E-state index contributed by atoms with van der Waals surface area (Å²) in [5.41, 5.74) is 0.553. The van der Waals surface area contributed by atoms with Crippen LogP contribution >= 0.6 is 0 Å². The van der Waals surface area contributed by atoms with Gasteiger partial charge in [-0.3, -0.25) is 9.20 Å². The second-order valence-electron chi connectivity index (χ2n) is 3.06. The van der Waals surface area contributed by atoms with Gasteiger partial charge >= 0.3 is 5.82 Å². The topological polar surface area (TPSA) is 77.5 Å². The van der Waals surface area contributed by atoms with E-state index >= 15 is 0 Å². The van der Waals surface area contributed by atoms with Crippen molar-refractivity contribution in [2.45, 2.75) is 6.92 Å². The Bertz CT molecular complexity index is 559. The number of imidazole rings is 1. The molecule has 0 aromatic carbocycles. The molecule has 0 spiro atoms. The molecule has 0 fully saturated rings. The Morgan fingerprint density at radius 3 is 2.93 bits per heavy atom. The summed E-state index contributed by atoms with van der Waals surface area (Å²) in [5.74, 6) is -0.509. The fraction of sp³-hybridized carbons (Fsp3) is 0.111. The van der Waals surface area contributed by atoms with Crippen molar-refractivity contribution >= 4 is 17.1 Å². The Balaban J connectivity index is 2.86. The number of Topliss-reactive ketones (excluding diaryl/α,β-unsaturated/α-hetero) is 1. The van der Waals surface area contributed by atoms with E-state index in [0.717, 1.165) is 0 Å². The van der Waals surface area contributed by atoms with Gasteiger partial charge in [-0.2, -0.15) is 0 Å². The van der Waals surface area contributed by atoms with E-state index in [1.807, 2.05) is 0 Å². The Hall–Kier alpha value is -2.24. The van der Waals surface area contributed by atoms with Crippen molar-refractivity contribution in [3.8, 4) is 0 Å². The fourth-order valence-corrected chi connectivity index (χ4v) is 1.45. The summed E-state index contributed by atoms with van der Waals surface area (Å²) in [5, 5.41) is 10.7. The number of nitro groups is 1. The molecule has 15 heavy (non-hydrogen) atoms. The third-order valence-corrected chi connectivity index (χ3v) is 2.09. The zero-order valence-corrected chi connectivity index (χ0v) is 7.88. The van der Waals surface area contributed by atoms with Crippen molar-refractivity contribution in [1.82, 2.24) is 9.38 Å². The van der Waals surface area contributed by atoms with E-state index in [9.17, 15) is 14.9 Å². The van der Waals surface area contributed by atoms with Gasteiger partial charge in [0.05, 0.1) is 5.56 Å². The van der Waals surface area contributed by atoms with E-state index in [1.54, 1.807) is 18.3 Å². The summed E-state index contributed by atoms with van der Waals surface area (Å²) in [6.45, 7) is 1.37. The van der Waals surface area contributed by atoms with E-state index in [1.165, 1.54) is 17.7 Å². The highest BCUT2D eigenvalue weighted by molar-refractivity contribution is 6.02. The quantitative estimate of drug-likeness (QED) is 0.422. The molecule has 2 aromatic heterocycles. The molecule has 0 saturated carbocycles. The third-order valence-electron chi connectivity index (χ3n) is 2.09. The molecular formula is C9H7N3O3. The highest BCUT2D eigenvalue weighted by Crippen LogP contribution is 2.21. The largest absolute Gasteiger partial charge is 0.390 e. The Labute approximate surface area is 84.3 Å². The molecule has 0 N–H and O–H groups in total. The molecule has 0 bridgehead atoms. The predicted molar refractivity (Wildman–Crippen MR) is 51.9 cm³/mol. The van der Waals surface area contributed by atoms with Crippen molar-refractivity contribution in [2.24, 2.45) is 0 Å². The molecule has 0 unspecified atom stereocenters. The van der Waals surface area contributed by atoms with Crippen molar-refractivity contribution < 1.29 is 9.72 Å². The predicted octanol–water partition coefficient (Wildman–Crippen LogP) is 1.45. The van der Waals surface area contributed by atoms with Crippen LogP contribution in [0.1, 0.15) is 17.3 Å². The maximum atomic E-state index is 11.3. The maximum absolute atomic E-state index is 11.3. The molecule has 2 aromatic rings. The number of fused-ring (bicyclic) bond motifs is 1. The molecule has 6 nitrogen and oxygen atoms in total. The maximum Gasteiger partial charge on any atom is 0.390 e. The average Bonchev–Trinajstić information content (AvgIpc) is 2.60. The SMILES string of the molecule is CC(=O)c1cccn2cnc([N+](=O)[O-])c12. The van der Waals surface area contributed by atoms with Crippen molar-refractivity contribution in [1.29, 1.82) is 0 Å². The van der Waals surface area contributed by atoms with E-state index in [-0.39, 0.29) is 17.1 Å². The summed E-state index contributed by atoms with van der Waals surface area (Å²) in [7, 11) is 0. The molecule has 0 saturated heterocycles. The van der Waals surface area contributed by atoms with Crippen LogP contribution in [0, 0.1) is 10.1 Å². The average molecular weight is 205 g/mol. The van der Waals surface area contributed by atoms with Crippen molar-refractivity contribution in [3.05, 3.63) is 40.3 Å². The number of nitrogens with zero attached hydrogens (tertiary/aromatic N) is 3. The molecule has 6 heteroatoms. The lowest BCUT2D eigenvalue weighted by Crippen LogP contribution is -1.98. The van der Waals surface area contributed by atoms with Gasteiger partial charge in [-0.05, 0) is 29.0 Å². The van der Waals surface area contributed by atoms with Crippen LogP contribution in [0.25, 0.3) is 5.52 Å². The van der Waals surface area contributed by atoms with Crippen LogP contribution in [0.2, 0.25) is 0 Å². The summed E-state index contributed by atoms with van der Waals surface area (Å²) in [6.07, 6.45) is 2.93. The molecule has 2 rings (SSSR count). The zero-order valence-electron chi connectivity index (χ0n) is 7.88. The lowest BCUT2D eigenvalue weighted by Gasteiger charge is -1.98. The summed E-state index contributed by atoms with van der Waals surface area (Å²) in [6, 6.07) is 3.20. The van der Waals surface area contributed by atoms with Gasteiger partial charge in [0.25, 0.3) is 0 Å². The number of aromatic nitrogens is 2. The van der Waals surface area contributed by atoms with Crippen molar-refractivity contribution in [2.75, 3.05) is 0 Å². The monoisotopic (exact) mass is 205 g/mol. The van der Waals surface area contributed by atoms with Gasteiger partial charge in [-0.15, -0.1) is 0 Å². The minimum atomic E-state index is -0.595. The van der Waals surface area contributed by atoms with Gasteiger partial charge in [0, 0.05) is 6.20 Å². The number of hydrogen-bond acceptors (Lipinski definition) is 4. The first-order valence-electron chi connectivity index (χ1n) is 4.22. The van der Waals surface area contributed by atoms with E-state index in [2.05, 4.69) is 4.98 Å². The van der Waals surface area contributed by atoms with Gasteiger partial charge in [0.15, 0.2) is 11.3 Å². The smallest absolute Gasteiger partial charge is 0.358 e. The first-order valence-corrected chi connectivity index (χ1v) is 4.22. The highest BCUT2D eigenvalue weighted by atomic mass is 16.6. The Morgan fingerprint density at radius 2 is 2.33 bits per heavy atom. The van der Waals surface area contributed by atoms with Crippen LogP contribution in [-0.2, 0) is 0 Å².